The Balaban J connectivity index is 1.57. The number of benzene rings is 1. The van der Waals surface area contributed by atoms with Crippen molar-refractivity contribution in [1.82, 2.24) is 29.9 Å². The second kappa shape index (κ2) is 9.37. The summed E-state index contributed by atoms with van der Waals surface area (Å²) in [5.41, 5.74) is 1.57. The van der Waals surface area contributed by atoms with Gasteiger partial charge in [0.05, 0.1) is 36.7 Å². The molecule has 1 unspecified atom stereocenters. The number of nitrogens with zero attached hydrogens (tertiary/aromatic N) is 5. The van der Waals surface area contributed by atoms with E-state index >= 15 is 0 Å². The van der Waals surface area contributed by atoms with Crippen molar-refractivity contribution in [1.29, 1.82) is 0 Å². The van der Waals surface area contributed by atoms with E-state index in [1.54, 1.807) is 36.1 Å². The molecule has 11 heteroatoms. The summed E-state index contributed by atoms with van der Waals surface area (Å²) >= 11 is 6.08. The predicted molar refractivity (Wildman–Crippen MR) is 117 cm³/mol. The first-order valence-corrected chi connectivity index (χ1v) is 10.2. The van der Waals surface area contributed by atoms with E-state index in [4.69, 9.17) is 16.3 Å². The third-order valence-electron chi connectivity index (χ3n) is 5.04. The minimum absolute atomic E-state index is 0.0246. The number of halogens is 3. The highest BCUT2D eigenvalue weighted by Gasteiger charge is 2.24. The number of rotatable bonds is 7. The average Bonchev–Trinajstić information content (AvgIpc) is 3.41. The Morgan fingerprint density at radius 3 is 2.76 bits per heavy atom. The Morgan fingerprint density at radius 2 is 2.03 bits per heavy atom. The summed E-state index contributed by atoms with van der Waals surface area (Å²) in [6.45, 7) is 0.157. The number of carbonyl (C=O) groups excluding carboxylic acids is 1. The molecular weight excluding hydrogens is 454 g/mol. The Morgan fingerprint density at radius 1 is 1.21 bits per heavy atom. The molecule has 1 aromatic carbocycles. The van der Waals surface area contributed by atoms with E-state index < -0.39 is 23.5 Å². The summed E-state index contributed by atoms with van der Waals surface area (Å²) in [4.78, 5) is 17.2. The molecule has 8 nitrogen and oxygen atoms in total. The standard InChI is InChI=1S/C22H19ClF2N6O2/c1-30-22(33-2)16(11-27-30)15(18-4-3-5-20(23)29-18)10-26-21(32)13-9-28-31(12-13)19-7-6-14(24)8-17(19)25/h3-9,11-12,15H,10H2,1-2H3,(H,26,32). The van der Waals surface area contributed by atoms with Gasteiger partial charge in [0.25, 0.3) is 5.91 Å². The normalized spacial score (nSPS) is 11.9. The lowest BCUT2D eigenvalue weighted by molar-refractivity contribution is 0.0952. The number of methoxy groups -OCH3 is 1. The second-order valence-corrected chi connectivity index (χ2v) is 7.54. The molecule has 0 aliphatic heterocycles. The van der Waals surface area contributed by atoms with Gasteiger partial charge < -0.3 is 10.1 Å². The van der Waals surface area contributed by atoms with Crippen LogP contribution in [-0.4, -0.2) is 44.1 Å². The van der Waals surface area contributed by atoms with Crippen molar-refractivity contribution >= 4 is 17.5 Å². The fourth-order valence-corrected chi connectivity index (χ4v) is 3.63. The molecule has 4 rings (SSSR count). The molecular formula is C22H19ClF2N6O2. The van der Waals surface area contributed by atoms with E-state index in [9.17, 15) is 13.6 Å². The van der Waals surface area contributed by atoms with E-state index in [0.29, 0.717) is 16.7 Å². The molecule has 4 aromatic rings. The Hall–Kier alpha value is -3.79. The number of hydrogen-bond acceptors (Lipinski definition) is 5. The zero-order chi connectivity index (χ0) is 23.5. The van der Waals surface area contributed by atoms with E-state index in [-0.39, 0.29) is 17.8 Å². The van der Waals surface area contributed by atoms with Crippen LogP contribution >= 0.6 is 11.6 Å². The fourth-order valence-electron chi connectivity index (χ4n) is 3.46. The van der Waals surface area contributed by atoms with Gasteiger partial charge in [0.15, 0.2) is 5.82 Å². The van der Waals surface area contributed by atoms with Crippen LogP contribution < -0.4 is 10.1 Å². The molecule has 33 heavy (non-hydrogen) atoms. The molecule has 0 fully saturated rings. The first-order valence-electron chi connectivity index (χ1n) is 9.84. The first kappa shape index (κ1) is 22.4. The molecule has 0 bridgehead atoms. The van der Waals surface area contributed by atoms with Crippen molar-refractivity contribution in [3.8, 4) is 11.6 Å². The highest BCUT2D eigenvalue weighted by Crippen LogP contribution is 2.30. The second-order valence-electron chi connectivity index (χ2n) is 7.15. The monoisotopic (exact) mass is 472 g/mol. The first-order chi connectivity index (χ1) is 15.9. The van der Waals surface area contributed by atoms with Crippen molar-refractivity contribution in [3.05, 3.63) is 88.6 Å². The van der Waals surface area contributed by atoms with Gasteiger partial charge in [-0.3, -0.25) is 4.79 Å². The van der Waals surface area contributed by atoms with Crippen molar-refractivity contribution < 1.29 is 18.3 Å². The molecule has 0 aliphatic carbocycles. The van der Waals surface area contributed by atoms with E-state index in [1.807, 2.05) is 0 Å². The lowest BCUT2D eigenvalue weighted by Crippen LogP contribution is -2.29. The van der Waals surface area contributed by atoms with Crippen LogP contribution in [0.5, 0.6) is 5.88 Å². The lowest BCUT2D eigenvalue weighted by Gasteiger charge is -2.17. The van der Waals surface area contributed by atoms with Gasteiger partial charge >= 0.3 is 0 Å². The Kier molecular flexibility index (Phi) is 6.36. The van der Waals surface area contributed by atoms with Gasteiger partial charge in [0.1, 0.15) is 16.7 Å². The number of nitrogens with one attached hydrogen (secondary N) is 1. The molecule has 1 amide bonds. The van der Waals surface area contributed by atoms with Gasteiger partial charge in [-0.25, -0.2) is 23.1 Å². The Bertz CT molecular complexity index is 1310. The molecule has 170 valence electrons. The van der Waals surface area contributed by atoms with Crippen LogP contribution in [-0.2, 0) is 7.05 Å². The maximum Gasteiger partial charge on any atom is 0.254 e. The summed E-state index contributed by atoms with van der Waals surface area (Å²) in [5, 5.41) is 11.4. The van der Waals surface area contributed by atoms with Gasteiger partial charge in [0.2, 0.25) is 5.88 Å². The summed E-state index contributed by atoms with van der Waals surface area (Å²) in [6, 6.07) is 8.33. The highest BCUT2D eigenvalue weighted by molar-refractivity contribution is 6.29. The molecule has 3 aromatic heterocycles. The zero-order valence-corrected chi connectivity index (χ0v) is 18.4. The van der Waals surface area contributed by atoms with Crippen LogP contribution in [0.2, 0.25) is 5.15 Å². The summed E-state index contributed by atoms with van der Waals surface area (Å²) < 4.78 is 35.4. The van der Waals surface area contributed by atoms with Gasteiger partial charge in [-0.05, 0) is 24.3 Å². The number of pyridine rings is 1. The molecule has 0 saturated carbocycles. The van der Waals surface area contributed by atoms with Crippen molar-refractivity contribution in [3.63, 3.8) is 0 Å². The Labute approximate surface area is 192 Å². The number of aryl methyl sites for hydroxylation is 1. The van der Waals surface area contributed by atoms with E-state index in [1.165, 1.54) is 30.3 Å². The van der Waals surface area contributed by atoms with Crippen LogP contribution in [0.1, 0.15) is 27.5 Å². The summed E-state index contributed by atoms with van der Waals surface area (Å²) in [5.74, 6) is -1.80. The summed E-state index contributed by atoms with van der Waals surface area (Å²) in [6.07, 6.45) is 4.31. The van der Waals surface area contributed by atoms with Crippen LogP contribution in [0.15, 0.2) is 55.0 Å². The highest BCUT2D eigenvalue weighted by atomic mass is 35.5. The largest absolute Gasteiger partial charge is 0.481 e. The molecule has 0 radical (unpaired) electrons. The smallest absolute Gasteiger partial charge is 0.254 e. The minimum atomic E-state index is -0.791. The SMILES string of the molecule is COc1c(C(CNC(=O)c2cnn(-c3ccc(F)cc3F)c2)c2cccc(Cl)n2)cnn1C. The molecule has 0 aliphatic rings. The quantitative estimate of drug-likeness (QED) is 0.416. The van der Waals surface area contributed by atoms with Crippen LogP contribution in [0.25, 0.3) is 5.69 Å². The maximum atomic E-state index is 14.0. The van der Waals surface area contributed by atoms with Crippen molar-refractivity contribution in [2.24, 2.45) is 7.05 Å². The van der Waals surface area contributed by atoms with E-state index in [0.717, 1.165) is 17.7 Å². The van der Waals surface area contributed by atoms with Crippen LogP contribution in [0.3, 0.4) is 0 Å². The van der Waals surface area contributed by atoms with Gasteiger partial charge in [-0.15, -0.1) is 0 Å². The number of carbonyl (C=O) groups is 1. The lowest BCUT2D eigenvalue weighted by atomic mass is 9.97. The molecule has 3 heterocycles. The minimum Gasteiger partial charge on any atom is -0.481 e. The van der Waals surface area contributed by atoms with Gasteiger partial charge in [-0.1, -0.05) is 17.7 Å². The molecule has 0 saturated heterocycles. The molecule has 0 spiro atoms. The van der Waals surface area contributed by atoms with Gasteiger partial charge in [0, 0.05) is 31.4 Å². The molecule has 1 atom stereocenters. The maximum absolute atomic E-state index is 14.0. The third kappa shape index (κ3) is 4.70. The zero-order valence-electron chi connectivity index (χ0n) is 17.7. The van der Waals surface area contributed by atoms with E-state index in [2.05, 4.69) is 20.5 Å². The summed E-state index contributed by atoms with van der Waals surface area (Å²) in [7, 11) is 3.27. The number of aromatic nitrogens is 5. The topological polar surface area (TPSA) is 86.9 Å². The molecule has 1 N–H and O–H groups in total. The number of amides is 1. The fraction of sp³-hybridized carbons (Fsp3) is 0.182. The average molecular weight is 473 g/mol. The van der Waals surface area contributed by atoms with Crippen LogP contribution in [0, 0.1) is 11.6 Å². The van der Waals surface area contributed by atoms with Crippen molar-refractivity contribution in [2.75, 3.05) is 13.7 Å². The van der Waals surface area contributed by atoms with Gasteiger partial charge in [-0.2, -0.15) is 10.2 Å². The van der Waals surface area contributed by atoms with Crippen LogP contribution in [0.4, 0.5) is 8.78 Å². The number of hydrogen-bond donors (Lipinski definition) is 1. The number of ether oxygens (including phenoxy) is 1. The third-order valence-corrected chi connectivity index (χ3v) is 5.25. The predicted octanol–water partition coefficient (Wildman–Crippen LogP) is 3.50. The van der Waals surface area contributed by atoms with Crippen molar-refractivity contribution in [2.45, 2.75) is 5.92 Å².